The van der Waals surface area contributed by atoms with Gasteiger partial charge in [0, 0.05) is 25.1 Å². The molecule has 0 aromatic rings. The molecule has 1 amide bonds. The second-order valence-electron chi connectivity index (χ2n) is 5.22. The highest BCUT2D eigenvalue weighted by atomic mass is 16.5. The molecule has 0 N–H and O–H groups in total. The second kappa shape index (κ2) is 4.97. The molecule has 0 aromatic heterocycles. The van der Waals surface area contributed by atoms with Gasteiger partial charge in [-0.3, -0.25) is 4.79 Å². The van der Waals surface area contributed by atoms with E-state index >= 15 is 0 Å². The highest BCUT2D eigenvalue weighted by Crippen LogP contribution is 2.21. The van der Waals surface area contributed by atoms with E-state index in [4.69, 9.17) is 4.74 Å². The van der Waals surface area contributed by atoms with E-state index in [1.54, 1.807) is 0 Å². The number of piperidine rings is 1. The van der Waals surface area contributed by atoms with Crippen LogP contribution in [0.4, 0.5) is 0 Å². The van der Waals surface area contributed by atoms with Crippen LogP contribution < -0.4 is 0 Å². The maximum Gasteiger partial charge on any atom is 0.228 e. The van der Waals surface area contributed by atoms with Crippen molar-refractivity contribution in [3.63, 3.8) is 0 Å². The summed E-state index contributed by atoms with van der Waals surface area (Å²) in [7, 11) is 0. The van der Waals surface area contributed by atoms with E-state index in [1.165, 1.54) is 0 Å². The Morgan fingerprint density at radius 3 is 2.67 bits per heavy atom. The van der Waals surface area contributed by atoms with E-state index in [1.807, 2.05) is 32.6 Å². The molecule has 1 heterocycles. The highest BCUT2D eigenvalue weighted by Gasteiger charge is 2.30. The Balaban J connectivity index is 2.52. The second-order valence-corrected chi connectivity index (χ2v) is 5.22. The van der Waals surface area contributed by atoms with Crippen molar-refractivity contribution < 1.29 is 9.53 Å². The first-order valence-corrected chi connectivity index (χ1v) is 5.86. The minimum absolute atomic E-state index is 0.243. The Labute approximate surface area is 92.8 Å². The number of amides is 1. The van der Waals surface area contributed by atoms with E-state index in [0.717, 1.165) is 32.5 Å². The quantitative estimate of drug-likeness (QED) is 0.702. The summed E-state index contributed by atoms with van der Waals surface area (Å²) >= 11 is 0. The highest BCUT2D eigenvalue weighted by molar-refractivity contribution is 5.81. The minimum Gasteiger partial charge on any atom is -0.377 e. The predicted molar refractivity (Wildman–Crippen MR) is 60.7 cm³/mol. The normalized spacial score (nSPS) is 22.9. The topological polar surface area (TPSA) is 29.5 Å². The lowest BCUT2D eigenvalue weighted by Gasteiger charge is -2.36. The maximum absolute atomic E-state index is 12.0. The summed E-state index contributed by atoms with van der Waals surface area (Å²) in [5, 5.41) is 0. The summed E-state index contributed by atoms with van der Waals surface area (Å²) in [6, 6.07) is 0. The van der Waals surface area contributed by atoms with Gasteiger partial charge in [-0.1, -0.05) is 20.8 Å². The summed E-state index contributed by atoms with van der Waals surface area (Å²) in [6.45, 7) is 10.3. The smallest absolute Gasteiger partial charge is 0.228 e. The molecule has 1 unspecified atom stereocenters. The summed E-state index contributed by atoms with van der Waals surface area (Å²) in [6.07, 6.45) is 2.39. The van der Waals surface area contributed by atoms with Crippen molar-refractivity contribution in [1.82, 2.24) is 4.90 Å². The lowest BCUT2D eigenvalue weighted by molar-refractivity contribution is -0.143. The zero-order chi connectivity index (χ0) is 11.5. The molecule has 0 radical (unpaired) electrons. The molecule has 0 aromatic carbocycles. The first-order valence-electron chi connectivity index (χ1n) is 5.86. The molecule has 15 heavy (non-hydrogen) atoms. The van der Waals surface area contributed by atoms with Crippen molar-refractivity contribution in [3.05, 3.63) is 0 Å². The first-order chi connectivity index (χ1) is 6.95. The average Bonchev–Trinajstić information content (AvgIpc) is 2.16. The molecule has 0 bridgehead atoms. The predicted octanol–water partition coefficient (Wildman–Crippen LogP) is 2.06. The van der Waals surface area contributed by atoms with Crippen LogP contribution >= 0.6 is 0 Å². The number of rotatable bonds is 2. The molecular weight excluding hydrogens is 190 g/mol. The fourth-order valence-corrected chi connectivity index (χ4v) is 1.97. The lowest BCUT2D eigenvalue weighted by Crippen LogP contribution is -2.47. The van der Waals surface area contributed by atoms with Gasteiger partial charge in [0.05, 0.1) is 6.10 Å². The Kier molecular flexibility index (Phi) is 4.14. The summed E-state index contributed by atoms with van der Waals surface area (Å²) in [5.41, 5.74) is -0.270. The van der Waals surface area contributed by atoms with Gasteiger partial charge in [0.2, 0.25) is 5.91 Å². The standard InChI is InChI=1S/C12H23NO2/c1-5-15-10-7-6-8-13(9-10)11(14)12(2,3)4/h10H,5-9H2,1-4H3. The Morgan fingerprint density at radius 1 is 1.47 bits per heavy atom. The van der Waals surface area contributed by atoms with Crippen molar-refractivity contribution >= 4 is 5.91 Å². The number of carbonyl (C=O) groups is 1. The molecule has 0 aliphatic carbocycles. The van der Waals surface area contributed by atoms with Gasteiger partial charge in [-0.25, -0.2) is 0 Å². The number of likely N-dealkylation sites (tertiary alicyclic amines) is 1. The molecule has 1 aliphatic rings. The van der Waals surface area contributed by atoms with Crippen molar-refractivity contribution in [2.45, 2.75) is 46.6 Å². The number of hydrogen-bond acceptors (Lipinski definition) is 2. The van der Waals surface area contributed by atoms with Crippen molar-refractivity contribution in [3.8, 4) is 0 Å². The van der Waals surface area contributed by atoms with Crippen LogP contribution in [0.3, 0.4) is 0 Å². The number of hydrogen-bond donors (Lipinski definition) is 0. The van der Waals surface area contributed by atoms with Gasteiger partial charge in [0.15, 0.2) is 0 Å². The number of ether oxygens (including phenoxy) is 1. The summed E-state index contributed by atoms with van der Waals surface area (Å²) < 4.78 is 5.58. The van der Waals surface area contributed by atoms with Crippen LogP contribution in [0.2, 0.25) is 0 Å². The van der Waals surface area contributed by atoms with Gasteiger partial charge in [0.1, 0.15) is 0 Å². The maximum atomic E-state index is 12.0. The van der Waals surface area contributed by atoms with Crippen LogP contribution in [0, 0.1) is 5.41 Å². The van der Waals surface area contributed by atoms with Crippen molar-refractivity contribution in [2.75, 3.05) is 19.7 Å². The zero-order valence-corrected chi connectivity index (χ0v) is 10.4. The fraction of sp³-hybridized carbons (Fsp3) is 0.917. The molecule has 1 atom stereocenters. The van der Waals surface area contributed by atoms with E-state index in [2.05, 4.69) is 0 Å². The van der Waals surface area contributed by atoms with E-state index in [-0.39, 0.29) is 17.4 Å². The molecule has 3 nitrogen and oxygen atoms in total. The van der Waals surface area contributed by atoms with Gasteiger partial charge < -0.3 is 9.64 Å². The largest absolute Gasteiger partial charge is 0.377 e. The van der Waals surface area contributed by atoms with Crippen LogP contribution in [0.1, 0.15) is 40.5 Å². The molecule has 1 fully saturated rings. The molecule has 3 heteroatoms. The van der Waals surface area contributed by atoms with Crippen molar-refractivity contribution in [1.29, 1.82) is 0 Å². The van der Waals surface area contributed by atoms with Crippen LogP contribution in [0.25, 0.3) is 0 Å². The minimum atomic E-state index is -0.270. The van der Waals surface area contributed by atoms with Crippen LogP contribution in [-0.2, 0) is 9.53 Å². The lowest BCUT2D eigenvalue weighted by atomic mass is 9.93. The SMILES string of the molecule is CCOC1CCCN(C(=O)C(C)(C)C)C1. The van der Waals surface area contributed by atoms with Crippen LogP contribution in [0.5, 0.6) is 0 Å². The molecular formula is C12H23NO2. The molecule has 1 saturated heterocycles. The van der Waals surface area contributed by atoms with Gasteiger partial charge in [-0.05, 0) is 19.8 Å². The number of nitrogens with zero attached hydrogens (tertiary/aromatic N) is 1. The van der Waals surface area contributed by atoms with Crippen LogP contribution in [-0.4, -0.2) is 36.6 Å². The van der Waals surface area contributed by atoms with E-state index in [0.29, 0.717) is 0 Å². The molecule has 88 valence electrons. The van der Waals surface area contributed by atoms with Gasteiger partial charge >= 0.3 is 0 Å². The monoisotopic (exact) mass is 213 g/mol. The third-order valence-corrected chi connectivity index (χ3v) is 2.71. The zero-order valence-electron chi connectivity index (χ0n) is 10.4. The average molecular weight is 213 g/mol. The third-order valence-electron chi connectivity index (χ3n) is 2.71. The van der Waals surface area contributed by atoms with Gasteiger partial charge in [0.25, 0.3) is 0 Å². The van der Waals surface area contributed by atoms with E-state index < -0.39 is 0 Å². The van der Waals surface area contributed by atoms with Gasteiger partial charge in [-0.15, -0.1) is 0 Å². The van der Waals surface area contributed by atoms with Gasteiger partial charge in [-0.2, -0.15) is 0 Å². The Morgan fingerprint density at radius 2 is 2.13 bits per heavy atom. The summed E-state index contributed by atoms with van der Waals surface area (Å²) in [4.78, 5) is 14.0. The molecule has 1 rings (SSSR count). The van der Waals surface area contributed by atoms with Crippen molar-refractivity contribution in [2.24, 2.45) is 5.41 Å². The molecule has 1 aliphatic heterocycles. The summed E-state index contributed by atoms with van der Waals surface area (Å²) in [5.74, 6) is 0.243. The molecule has 0 saturated carbocycles. The Bertz CT molecular complexity index is 218. The first kappa shape index (κ1) is 12.5. The number of carbonyl (C=O) groups excluding carboxylic acids is 1. The molecule has 0 spiro atoms. The van der Waals surface area contributed by atoms with E-state index in [9.17, 15) is 4.79 Å². The fourth-order valence-electron chi connectivity index (χ4n) is 1.97. The Hall–Kier alpha value is -0.570. The third kappa shape index (κ3) is 3.49. The van der Waals surface area contributed by atoms with Crippen LogP contribution in [0.15, 0.2) is 0 Å².